The summed E-state index contributed by atoms with van der Waals surface area (Å²) >= 11 is 0. The molecule has 0 amide bonds. The van der Waals surface area contributed by atoms with Gasteiger partial charge in [0.1, 0.15) is 5.75 Å². The van der Waals surface area contributed by atoms with Gasteiger partial charge in [-0.05, 0) is 25.1 Å². The number of allylic oxidation sites excluding steroid dienone is 1. The van der Waals surface area contributed by atoms with Crippen LogP contribution in [0, 0.1) is 0 Å². The van der Waals surface area contributed by atoms with E-state index in [2.05, 4.69) is 5.16 Å². The summed E-state index contributed by atoms with van der Waals surface area (Å²) in [7, 11) is 4.71. The van der Waals surface area contributed by atoms with Gasteiger partial charge in [-0.25, -0.2) is 0 Å². The highest BCUT2D eigenvalue weighted by molar-refractivity contribution is 5.96. The number of ether oxygens (including phenoxy) is 3. The van der Waals surface area contributed by atoms with Crippen LogP contribution in [0.4, 0.5) is 0 Å². The molecule has 0 aromatic heterocycles. The molecule has 1 aromatic carbocycles. The van der Waals surface area contributed by atoms with Crippen molar-refractivity contribution in [2.24, 2.45) is 5.16 Å². The number of nitrogens with zero attached hydrogens (tertiary/aromatic N) is 1. The van der Waals surface area contributed by atoms with Crippen molar-refractivity contribution in [1.29, 1.82) is 0 Å². The molecule has 0 spiro atoms. The molecule has 0 aliphatic heterocycles. The van der Waals surface area contributed by atoms with Gasteiger partial charge in [0.05, 0.1) is 27.0 Å². The van der Waals surface area contributed by atoms with Gasteiger partial charge in [-0.15, -0.1) is 0 Å². The van der Waals surface area contributed by atoms with Crippen LogP contribution < -0.4 is 14.2 Å². The van der Waals surface area contributed by atoms with E-state index in [9.17, 15) is 0 Å². The lowest BCUT2D eigenvalue weighted by atomic mass is 10.1. The number of benzene rings is 1. The molecule has 1 aromatic rings. The minimum atomic E-state index is 0.492. The van der Waals surface area contributed by atoms with Crippen molar-refractivity contribution < 1.29 is 19.4 Å². The van der Waals surface area contributed by atoms with E-state index in [0.29, 0.717) is 23.0 Å². The van der Waals surface area contributed by atoms with Crippen LogP contribution in [0.3, 0.4) is 0 Å². The zero-order valence-electron chi connectivity index (χ0n) is 10.9. The Bertz CT molecular complexity index is 466. The van der Waals surface area contributed by atoms with Gasteiger partial charge in [0.15, 0.2) is 11.5 Å². The van der Waals surface area contributed by atoms with Gasteiger partial charge in [0.25, 0.3) is 0 Å². The van der Waals surface area contributed by atoms with Gasteiger partial charge in [-0.1, -0.05) is 5.16 Å². The highest BCUT2D eigenvalue weighted by Gasteiger charge is 2.09. The second-order valence-electron chi connectivity index (χ2n) is 3.52. The first-order valence-corrected chi connectivity index (χ1v) is 5.33. The fourth-order valence-corrected chi connectivity index (χ4v) is 1.43. The molecule has 0 saturated carbocycles. The lowest BCUT2D eigenvalue weighted by Gasteiger charge is -2.12. The zero-order valence-corrected chi connectivity index (χ0v) is 10.9. The van der Waals surface area contributed by atoms with Crippen LogP contribution in [0.5, 0.6) is 17.2 Å². The quantitative estimate of drug-likeness (QED) is 0.496. The molecule has 0 heterocycles. The molecule has 0 radical (unpaired) electrons. The predicted octanol–water partition coefficient (Wildman–Crippen LogP) is 2.58. The molecule has 18 heavy (non-hydrogen) atoms. The largest absolute Gasteiger partial charge is 0.496 e. The number of hydrogen-bond donors (Lipinski definition) is 1. The van der Waals surface area contributed by atoms with Gasteiger partial charge in [0.2, 0.25) is 0 Å². The Balaban J connectivity index is 3.21. The third-order valence-electron chi connectivity index (χ3n) is 2.40. The maximum atomic E-state index is 8.58. The van der Waals surface area contributed by atoms with Gasteiger partial charge in [0, 0.05) is 11.6 Å². The molecule has 5 heteroatoms. The van der Waals surface area contributed by atoms with E-state index < -0.39 is 0 Å². The normalized spacial score (nSPS) is 11.7. The van der Waals surface area contributed by atoms with Crippen molar-refractivity contribution >= 4 is 11.8 Å². The SMILES string of the molecule is COc1cc(OC)c(OC)cc1C=CC(C)=NO. The predicted molar refractivity (Wildman–Crippen MR) is 70.0 cm³/mol. The molecule has 0 bridgehead atoms. The maximum absolute atomic E-state index is 8.58. The van der Waals surface area contributed by atoms with E-state index in [1.807, 2.05) is 0 Å². The van der Waals surface area contributed by atoms with Crippen LogP contribution in [-0.4, -0.2) is 32.2 Å². The van der Waals surface area contributed by atoms with E-state index in [1.54, 1.807) is 52.5 Å². The van der Waals surface area contributed by atoms with Crippen molar-refractivity contribution in [2.75, 3.05) is 21.3 Å². The second kappa shape index (κ2) is 6.54. The highest BCUT2D eigenvalue weighted by Crippen LogP contribution is 2.35. The number of rotatable bonds is 5. The van der Waals surface area contributed by atoms with E-state index in [4.69, 9.17) is 19.4 Å². The van der Waals surface area contributed by atoms with Crippen LogP contribution in [0.25, 0.3) is 6.08 Å². The summed E-state index contributed by atoms with van der Waals surface area (Å²) in [4.78, 5) is 0. The minimum Gasteiger partial charge on any atom is -0.496 e. The van der Waals surface area contributed by atoms with Crippen molar-refractivity contribution in [3.63, 3.8) is 0 Å². The fourth-order valence-electron chi connectivity index (χ4n) is 1.43. The van der Waals surface area contributed by atoms with Crippen LogP contribution in [0.1, 0.15) is 12.5 Å². The lowest BCUT2D eigenvalue weighted by molar-refractivity contribution is 0.319. The summed E-state index contributed by atoms with van der Waals surface area (Å²) < 4.78 is 15.7. The third-order valence-corrected chi connectivity index (χ3v) is 2.40. The number of hydrogen-bond acceptors (Lipinski definition) is 5. The molecule has 5 nitrogen and oxygen atoms in total. The Labute approximate surface area is 106 Å². The number of oxime groups is 1. The monoisotopic (exact) mass is 251 g/mol. The summed E-state index contributed by atoms with van der Waals surface area (Å²) in [6.45, 7) is 1.68. The molecule has 98 valence electrons. The summed E-state index contributed by atoms with van der Waals surface area (Å²) in [5.41, 5.74) is 1.30. The molecule has 0 fully saturated rings. The number of methoxy groups -OCH3 is 3. The molecule has 0 saturated heterocycles. The van der Waals surface area contributed by atoms with Crippen molar-refractivity contribution in [3.8, 4) is 17.2 Å². The Kier molecular flexibility index (Phi) is 5.05. The molecular weight excluding hydrogens is 234 g/mol. The molecule has 0 aliphatic rings. The Hall–Kier alpha value is -2.17. The molecular formula is C13H17NO4. The molecule has 1 N–H and O–H groups in total. The third kappa shape index (κ3) is 3.16. The van der Waals surface area contributed by atoms with Crippen LogP contribution in [0.2, 0.25) is 0 Å². The van der Waals surface area contributed by atoms with Gasteiger partial charge < -0.3 is 19.4 Å². The average molecular weight is 251 g/mol. The maximum Gasteiger partial charge on any atom is 0.164 e. The first-order valence-electron chi connectivity index (χ1n) is 5.33. The first kappa shape index (κ1) is 13.9. The van der Waals surface area contributed by atoms with Gasteiger partial charge in [-0.2, -0.15) is 0 Å². The van der Waals surface area contributed by atoms with Crippen LogP contribution >= 0.6 is 0 Å². The van der Waals surface area contributed by atoms with Crippen molar-refractivity contribution in [2.45, 2.75) is 6.92 Å². The minimum absolute atomic E-state index is 0.492. The Morgan fingerprint density at radius 3 is 2.11 bits per heavy atom. The average Bonchev–Trinajstić information content (AvgIpc) is 2.43. The first-order chi connectivity index (χ1) is 8.65. The highest BCUT2D eigenvalue weighted by atomic mass is 16.5. The topological polar surface area (TPSA) is 60.3 Å². The van der Waals surface area contributed by atoms with Crippen molar-refractivity contribution in [3.05, 3.63) is 23.8 Å². The van der Waals surface area contributed by atoms with E-state index in [-0.39, 0.29) is 0 Å². The molecule has 1 rings (SSSR count). The van der Waals surface area contributed by atoms with Crippen molar-refractivity contribution in [1.82, 2.24) is 0 Å². The van der Waals surface area contributed by atoms with Gasteiger partial charge in [-0.3, -0.25) is 0 Å². The molecule has 0 aliphatic carbocycles. The summed E-state index contributed by atoms with van der Waals surface area (Å²) in [5.74, 6) is 1.85. The van der Waals surface area contributed by atoms with Crippen LogP contribution in [0.15, 0.2) is 23.4 Å². The molecule has 0 atom stereocenters. The van der Waals surface area contributed by atoms with Gasteiger partial charge >= 0.3 is 0 Å². The Morgan fingerprint density at radius 2 is 1.61 bits per heavy atom. The zero-order chi connectivity index (χ0) is 13.5. The van der Waals surface area contributed by atoms with E-state index >= 15 is 0 Å². The van der Waals surface area contributed by atoms with E-state index in [1.165, 1.54) is 0 Å². The molecule has 0 unspecified atom stereocenters. The standard InChI is InChI=1S/C13H17NO4/c1-9(14-15)5-6-10-7-12(17-3)13(18-4)8-11(10)16-2/h5-8,15H,1-4H3. The lowest BCUT2D eigenvalue weighted by Crippen LogP contribution is -1.94. The Morgan fingerprint density at radius 1 is 1.06 bits per heavy atom. The van der Waals surface area contributed by atoms with E-state index in [0.717, 1.165) is 5.56 Å². The summed E-state index contributed by atoms with van der Waals surface area (Å²) in [5, 5.41) is 11.7. The second-order valence-corrected chi connectivity index (χ2v) is 3.52. The summed E-state index contributed by atoms with van der Waals surface area (Å²) in [6, 6.07) is 3.53. The van der Waals surface area contributed by atoms with Crippen LogP contribution in [-0.2, 0) is 0 Å². The fraction of sp³-hybridized carbons (Fsp3) is 0.308. The smallest absolute Gasteiger partial charge is 0.164 e. The summed E-state index contributed by atoms with van der Waals surface area (Å²) in [6.07, 6.45) is 3.44.